The van der Waals surface area contributed by atoms with Crippen molar-refractivity contribution in [3.63, 3.8) is 0 Å². The first-order chi connectivity index (χ1) is 17.6. The van der Waals surface area contributed by atoms with Gasteiger partial charge in [-0.05, 0) is 49.2 Å². The minimum atomic E-state index is -4.18. The summed E-state index contributed by atoms with van der Waals surface area (Å²) in [7, 11) is -2.68. The van der Waals surface area contributed by atoms with E-state index in [2.05, 4.69) is 5.32 Å². The molecule has 3 rings (SSSR count). The summed E-state index contributed by atoms with van der Waals surface area (Å²) in [6.07, 6.45) is 0.343. The Morgan fingerprint density at radius 3 is 2.16 bits per heavy atom. The number of aryl methyl sites for hydroxylation is 1. The Labute approximate surface area is 228 Å². The van der Waals surface area contributed by atoms with Gasteiger partial charge in [-0.2, -0.15) is 0 Å². The van der Waals surface area contributed by atoms with Gasteiger partial charge in [0.2, 0.25) is 11.8 Å². The van der Waals surface area contributed by atoms with Gasteiger partial charge in [0.1, 0.15) is 12.6 Å². The Bertz CT molecular complexity index is 1350. The fourth-order valence-corrected chi connectivity index (χ4v) is 5.57. The van der Waals surface area contributed by atoms with Crippen LogP contribution in [-0.4, -0.2) is 44.8 Å². The molecule has 1 N–H and O–H groups in total. The molecule has 196 valence electrons. The highest BCUT2D eigenvalue weighted by Crippen LogP contribution is 2.31. The van der Waals surface area contributed by atoms with E-state index < -0.39 is 28.5 Å². The maximum Gasteiger partial charge on any atom is 0.264 e. The van der Waals surface area contributed by atoms with Gasteiger partial charge in [0.05, 0.1) is 20.6 Å². The lowest BCUT2D eigenvalue weighted by molar-refractivity contribution is -0.140. The van der Waals surface area contributed by atoms with Crippen molar-refractivity contribution >= 4 is 50.7 Å². The van der Waals surface area contributed by atoms with Gasteiger partial charge in [-0.25, -0.2) is 8.42 Å². The predicted molar refractivity (Wildman–Crippen MR) is 147 cm³/mol. The van der Waals surface area contributed by atoms with E-state index in [1.54, 1.807) is 19.1 Å². The number of anilines is 1. The molecule has 0 saturated heterocycles. The number of benzene rings is 3. The van der Waals surface area contributed by atoms with Crippen LogP contribution in [0.4, 0.5) is 5.69 Å². The zero-order chi connectivity index (χ0) is 27.2. The van der Waals surface area contributed by atoms with Crippen LogP contribution in [0.3, 0.4) is 0 Å². The maximum atomic E-state index is 13.8. The second kappa shape index (κ2) is 12.4. The largest absolute Gasteiger partial charge is 0.357 e. The predicted octanol–water partition coefficient (Wildman–Crippen LogP) is 5.05. The van der Waals surface area contributed by atoms with Gasteiger partial charge in [-0.15, -0.1) is 0 Å². The molecule has 0 spiro atoms. The minimum Gasteiger partial charge on any atom is -0.357 e. The number of nitrogens with zero attached hydrogens (tertiary/aromatic N) is 2. The van der Waals surface area contributed by atoms with Gasteiger partial charge >= 0.3 is 0 Å². The van der Waals surface area contributed by atoms with Gasteiger partial charge < -0.3 is 10.2 Å². The Kier molecular flexibility index (Phi) is 9.59. The van der Waals surface area contributed by atoms with Gasteiger partial charge in [0, 0.05) is 13.6 Å². The van der Waals surface area contributed by atoms with Gasteiger partial charge in [0.25, 0.3) is 10.0 Å². The number of carbonyl (C=O) groups excluding carboxylic acids is 2. The number of halogens is 2. The first-order valence-corrected chi connectivity index (χ1v) is 13.9. The van der Waals surface area contributed by atoms with Crippen molar-refractivity contribution in [3.8, 4) is 0 Å². The molecule has 3 aromatic carbocycles. The molecule has 0 fully saturated rings. The highest BCUT2D eigenvalue weighted by atomic mass is 35.5. The van der Waals surface area contributed by atoms with Gasteiger partial charge in [-0.3, -0.25) is 13.9 Å². The number of likely N-dealkylation sites (N-methyl/N-ethyl adjacent to an activating group) is 1. The van der Waals surface area contributed by atoms with E-state index in [1.807, 2.05) is 37.3 Å². The van der Waals surface area contributed by atoms with Crippen LogP contribution < -0.4 is 9.62 Å². The van der Waals surface area contributed by atoms with E-state index in [0.717, 1.165) is 15.4 Å². The normalized spacial score (nSPS) is 12.0. The molecule has 1 atom stereocenters. The van der Waals surface area contributed by atoms with Gasteiger partial charge in [0.15, 0.2) is 0 Å². The van der Waals surface area contributed by atoms with Crippen LogP contribution in [0.15, 0.2) is 77.7 Å². The number of rotatable bonds is 10. The number of nitrogens with one attached hydrogen (secondary N) is 1. The molecule has 0 aliphatic carbocycles. The topological polar surface area (TPSA) is 86.8 Å². The third kappa shape index (κ3) is 6.83. The van der Waals surface area contributed by atoms with E-state index in [4.69, 9.17) is 23.2 Å². The molecule has 7 nitrogen and oxygen atoms in total. The first-order valence-electron chi connectivity index (χ1n) is 11.7. The van der Waals surface area contributed by atoms with E-state index in [-0.39, 0.29) is 33.1 Å². The molecular formula is C27H29Cl2N3O4S. The fourth-order valence-electron chi connectivity index (χ4n) is 3.87. The number of hydrogen-bond acceptors (Lipinski definition) is 4. The van der Waals surface area contributed by atoms with Crippen LogP contribution in [0.2, 0.25) is 10.0 Å². The van der Waals surface area contributed by atoms with E-state index in [0.29, 0.717) is 6.42 Å². The van der Waals surface area contributed by atoms with Crippen molar-refractivity contribution in [1.29, 1.82) is 0 Å². The molecule has 0 heterocycles. The fraction of sp³-hybridized carbons (Fsp3) is 0.259. The average molecular weight is 563 g/mol. The third-order valence-electron chi connectivity index (χ3n) is 5.91. The number of hydrogen-bond donors (Lipinski definition) is 1. The summed E-state index contributed by atoms with van der Waals surface area (Å²) in [6.45, 7) is 3.23. The van der Waals surface area contributed by atoms with E-state index >= 15 is 0 Å². The lowest BCUT2D eigenvalue weighted by atomic mass is 10.1. The maximum absolute atomic E-state index is 13.8. The summed E-state index contributed by atoms with van der Waals surface area (Å²) in [6, 6.07) is 19.1. The second-order valence-electron chi connectivity index (χ2n) is 8.47. The van der Waals surface area contributed by atoms with Crippen LogP contribution in [0.25, 0.3) is 0 Å². The van der Waals surface area contributed by atoms with Crippen molar-refractivity contribution in [2.45, 2.75) is 37.8 Å². The second-order valence-corrected chi connectivity index (χ2v) is 11.1. The van der Waals surface area contributed by atoms with Crippen molar-refractivity contribution < 1.29 is 18.0 Å². The Hall–Kier alpha value is -3.07. The highest BCUT2D eigenvalue weighted by Gasteiger charge is 2.33. The molecule has 3 aromatic rings. The monoisotopic (exact) mass is 561 g/mol. The smallest absolute Gasteiger partial charge is 0.264 e. The summed E-state index contributed by atoms with van der Waals surface area (Å²) in [4.78, 5) is 27.9. The van der Waals surface area contributed by atoms with E-state index in [9.17, 15) is 18.0 Å². The molecule has 0 aromatic heterocycles. The molecule has 0 radical (unpaired) electrons. The van der Waals surface area contributed by atoms with Crippen molar-refractivity contribution in [2.24, 2.45) is 0 Å². The number of amides is 2. The third-order valence-corrected chi connectivity index (χ3v) is 8.43. The summed E-state index contributed by atoms with van der Waals surface area (Å²) in [5.41, 5.74) is 1.87. The zero-order valence-electron chi connectivity index (χ0n) is 20.8. The summed E-state index contributed by atoms with van der Waals surface area (Å²) in [5.74, 6) is -0.879. The van der Waals surface area contributed by atoms with Crippen LogP contribution in [-0.2, 0) is 26.2 Å². The number of carbonyl (C=O) groups is 2. The van der Waals surface area contributed by atoms with Crippen LogP contribution in [0.1, 0.15) is 24.5 Å². The Morgan fingerprint density at radius 2 is 1.59 bits per heavy atom. The molecule has 2 amide bonds. The first kappa shape index (κ1) is 28.5. The van der Waals surface area contributed by atoms with Crippen molar-refractivity contribution in [1.82, 2.24) is 10.2 Å². The Balaban J connectivity index is 2.07. The summed E-state index contributed by atoms with van der Waals surface area (Å²) in [5, 5.41) is 3.00. The molecule has 0 aliphatic heterocycles. The standard InChI is InChI=1S/C27H29Cl2N3O4S/c1-4-25(27(34)30-3)31(17-20-8-6-5-7-9-20)26(33)18-32(21-12-15-23(28)24(29)16-21)37(35,36)22-13-10-19(2)11-14-22/h5-16,25H,4,17-18H2,1-3H3,(H,30,34)/t25-/m1/s1. The molecule has 37 heavy (non-hydrogen) atoms. The molecule has 0 bridgehead atoms. The molecule has 0 aliphatic rings. The molecular weight excluding hydrogens is 533 g/mol. The lowest BCUT2D eigenvalue weighted by Crippen LogP contribution is -2.51. The SMILES string of the molecule is CC[C@H](C(=O)NC)N(Cc1ccccc1)C(=O)CN(c1ccc(Cl)c(Cl)c1)S(=O)(=O)c1ccc(C)cc1. The highest BCUT2D eigenvalue weighted by molar-refractivity contribution is 7.92. The minimum absolute atomic E-state index is 0.0184. The van der Waals surface area contributed by atoms with Crippen LogP contribution >= 0.6 is 23.2 Å². The van der Waals surface area contributed by atoms with Gasteiger partial charge in [-0.1, -0.05) is 78.2 Å². The molecule has 0 saturated carbocycles. The molecule has 0 unspecified atom stereocenters. The van der Waals surface area contributed by atoms with Crippen LogP contribution in [0.5, 0.6) is 0 Å². The molecule has 10 heteroatoms. The average Bonchev–Trinajstić information content (AvgIpc) is 2.89. The van der Waals surface area contributed by atoms with Crippen molar-refractivity contribution in [2.75, 3.05) is 17.9 Å². The number of sulfonamides is 1. The Morgan fingerprint density at radius 1 is 0.946 bits per heavy atom. The summed E-state index contributed by atoms with van der Waals surface area (Å²) >= 11 is 12.3. The quantitative estimate of drug-likeness (QED) is 0.375. The van der Waals surface area contributed by atoms with E-state index in [1.165, 1.54) is 42.3 Å². The lowest BCUT2D eigenvalue weighted by Gasteiger charge is -2.33. The summed E-state index contributed by atoms with van der Waals surface area (Å²) < 4.78 is 28.6. The van der Waals surface area contributed by atoms with Crippen molar-refractivity contribution in [3.05, 3.63) is 94.0 Å². The zero-order valence-corrected chi connectivity index (χ0v) is 23.1. The van der Waals surface area contributed by atoms with Crippen LogP contribution in [0, 0.1) is 6.92 Å².